The van der Waals surface area contributed by atoms with Crippen LogP contribution in [-0.4, -0.2) is 0 Å². The van der Waals surface area contributed by atoms with Gasteiger partial charge in [-0.25, -0.2) is 8.78 Å². The van der Waals surface area contributed by atoms with Crippen LogP contribution in [0, 0.1) is 24.5 Å². The Morgan fingerprint density at radius 3 is 2.60 bits per heavy atom. The van der Waals surface area contributed by atoms with E-state index < -0.39 is 0 Å². The predicted octanol–water partition coefficient (Wildman–Crippen LogP) is 3.07. The van der Waals surface area contributed by atoms with Gasteiger partial charge in [0.15, 0.2) is 0 Å². The van der Waals surface area contributed by atoms with Gasteiger partial charge in [-0.1, -0.05) is 12.8 Å². The topological polar surface area (TPSA) is 26.0 Å². The van der Waals surface area contributed by atoms with Crippen molar-refractivity contribution in [3.05, 3.63) is 34.9 Å². The molecule has 1 nitrogen and oxygen atoms in total. The maximum Gasteiger partial charge on any atom is 0.128 e. The highest BCUT2D eigenvalue weighted by atomic mass is 19.1. The summed E-state index contributed by atoms with van der Waals surface area (Å²) in [5.41, 5.74) is 6.49. The van der Waals surface area contributed by atoms with Gasteiger partial charge in [0.25, 0.3) is 0 Å². The van der Waals surface area contributed by atoms with Crippen LogP contribution in [0.4, 0.5) is 8.78 Å². The molecule has 15 heavy (non-hydrogen) atoms. The van der Waals surface area contributed by atoms with Crippen molar-refractivity contribution in [2.24, 2.45) is 11.7 Å². The fraction of sp³-hybridized carbons (Fsp3) is 0.500. The summed E-state index contributed by atoms with van der Waals surface area (Å²) in [4.78, 5) is 0. The molecule has 0 bridgehead atoms. The Labute approximate surface area is 88.3 Å². The summed E-state index contributed by atoms with van der Waals surface area (Å²) in [6.07, 6.45) is 3.10. The Bertz CT molecular complexity index is 372. The molecule has 1 fully saturated rings. The highest BCUT2D eigenvalue weighted by Crippen LogP contribution is 2.37. The van der Waals surface area contributed by atoms with E-state index in [1.807, 2.05) is 0 Å². The Balaban J connectivity index is 2.21. The van der Waals surface area contributed by atoms with E-state index in [4.69, 9.17) is 5.73 Å². The molecular formula is C12H15F2N. The molecular weight excluding hydrogens is 196 g/mol. The van der Waals surface area contributed by atoms with Gasteiger partial charge >= 0.3 is 0 Å². The fourth-order valence-corrected chi connectivity index (χ4v) is 1.79. The second-order valence-electron chi connectivity index (χ2n) is 4.41. The van der Waals surface area contributed by atoms with Crippen molar-refractivity contribution in [2.45, 2.75) is 32.2 Å². The lowest BCUT2D eigenvalue weighted by Gasteiger charge is -2.13. The lowest BCUT2D eigenvalue weighted by molar-refractivity contribution is 0.528. The van der Waals surface area contributed by atoms with Crippen LogP contribution in [0.2, 0.25) is 0 Å². The molecule has 0 saturated heterocycles. The van der Waals surface area contributed by atoms with Gasteiger partial charge in [0.2, 0.25) is 0 Å². The van der Waals surface area contributed by atoms with Gasteiger partial charge in [0, 0.05) is 11.6 Å². The number of nitrogens with two attached hydrogens (primary N) is 1. The zero-order valence-electron chi connectivity index (χ0n) is 8.76. The SMILES string of the molecule is Cc1cc(F)c(C(N)CC2CC2)cc1F. The van der Waals surface area contributed by atoms with Crippen LogP contribution in [0.3, 0.4) is 0 Å². The van der Waals surface area contributed by atoms with Crippen LogP contribution in [0.15, 0.2) is 12.1 Å². The Kier molecular flexibility index (Phi) is 2.74. The minimum atomic E-state index is -0.387. The maximum absolute atomic E-state index is 13.5. The molecule has 82 valence electrons. The molecule has 1 unspecified atom stereocenters. The Morgan fingerprint density at radius 2 is 2.00 bits per heavy atom. The van der Waals surface area contributed by atoms with Gasteiger partial charge in [-0.3, -0.25) is 0 Å². The number of hydrogen-bond donors (Lipinski definition) is 1. The number of aryl methyl sites for hydroxylation is 1. The summed E-state index contributed by atoms with van der Waals surface area (Å²) in [5, 5.41) is 0. The van der Waals surface area contributed by atoms with Gasteiger partial charge < -0.3 is 5.73 Å². The van der Waals surface area contributed by atoms with Crippen LogP contribution in [0.25, 0.3) is 0 Å². The molecule has 3 heteroatoms. The van der Waals surface area contributed by atoms with Crippen LogP contribution in [0.1, 0.15) is 36.4 Å². The van der Waals surface area contributed by atoms with Gasteiger partial charge in [-0.15, -0.1) is 0 Å². The molecule has 0 spiro atoms. The van der Waals surface area contributed by atoms with E-state index in [-0.39, 0.29) is 17.7 Å². The average Bonchev–Trinajstić information content (AvgIpc) is 2.95. The smallest absolute Gasteiger partial charge is 0.128 e. The van der Waals surface area contributed by atoms with Gasteiger partial charge in [-0.2, -0.15) is 0 Å². The lowest BCUT2D eigenvalue weighted by Crippen LogP contribution is -2.13. The van der Waals surface area contributed by atoms with E-state index in [0.717, 1.165) is 6.42 Å². The van der Waals surface area contributed by atoms with E-state index in [0.29, 0.717) is 17.0 Å². The van der Waals surface area contributed by atoms with E-state index in [1.54, 1.807) is 6.92 Å². The number of hydrogen-bond acceptors (Lipinski definition) is 1. The van der Waals surface area contributed by atoms with Crippen molar-refractivity contribution in [1.29, 1.82) is 0 Å². The number of rotatable bonds is 3. The lowest BCUT2D eigenvalue weighted by atomic mass is 10.00. The van der Waals surface area contributed by atoms with E-state index in [1.165, 1.54) is 25.0 Å². The molecule has 0 heterocycles. The molecule has 2 N–H and O–H groups in total. The van der Waals surface area contributed by atoms with Crippen molar-refractivity contribution >= 4 is 0 Å². The molecule has 0 amide bonds. The second-order valence-corrected chi connectivity index (χ2v) is 4.41. The third kappa shape index (κ3) is 2.34. The first-order chi connectivity index (χ1) is 7.08. The summed E-state index contributed by atoms with van der Waals surface area (Å²) in [5.74, 6) is -0.150. The normalized spacial score (nSPS) is 17.9. The van der Waals surface area contributed by atoms with E-state index in [9.17, 15) is 8.78 Å². The first-order valence-corrected chi connectivity index (χ1v) is 5.29. The Hall–Kier alpha value is -0.960. The van der Waals surface area contributed by atoms with Crippen LogP contribution in [-0.2, 0) is 0 Å². The quantitative estimate of drug-likeness (QED) is 0.817. The van der Waals surface area contributed by atoms with Crippen LogP contribution >= 0.6 is 0 Å². The average molecular weight is 211 g/mol. The molecule has 1 saturated carbocycles. The Morgan fingerprint density at radius 1 is 1.33 bits per heavy atom. The molecule has 1 aromatic carbocycles. The molecule has 1 aliphatic carbocycles. The van der Waals surface area contributed by atoms with Gasteiger partial charge in [-0.05, 0) is 37.0 Å². The third-order valence-corrected chi connectivity index (χ3v) is 2.96. The molecule has 1 atom stereocenters. The van der Waals surface area contributed by atoms with Crippen molar-refractivity contribution in [1.82, 2.24) is 0 Å². The van der Waals surface area contributed by atoms with Crippen molar-refractivity contribution in [2.75, 3.05) is 0 Å². The summed E-state index contributed by atoms with van der Waals surface area (Å²) >= 11 is 0. The van der Waals surface area contributed by atoms with E-state index in [2.05, 4.69) is 0 Å². The molecule has 0 radical (unpaired) electrons. The monoisotopic (exact) mass is 211 g/mol. The van der Waals surface area contributed by atoms with Gasteiger partial charge in [0.1, 0.15) is 11.6 Å². The zero-order valence-corrected chi connectivity index (χ0v) is 8.76. The number of halogens is 2. The standard InChI is InChI=1S/C12H15F2N/c1-7-4-11(14)9(6-10(7)13)12(15)5-8-2-3-8/h4,6,8,12H,2-3,5,15H2,1H3. The van der Waals surface area contributed by atoms with Crippen LogP contribution in [0.5, 0.6) is 0 Å². The summed E-state index contributed by atoms with van der Waals surface area (Å²) < 4.78 is 26.8. The fourth-order valence-electron chi connectivity index (χ4n) is 1.79. The molecule has 1 aliphatic rings. The largest absolute Gasteiger partial charge is 0.324 e. The zero-order chi connectivity index (χ0) is 11.0. The third-order valence-electron chi connectivity index (χ3n) is 2.96. The minimum absolute atomic E-state index is 0.310. The second kappa shape index (κ2) is 3.89. The van der Waals surface area contributed by atoms with Crippen molar-refractivity contribution < 1.29 is 8.78 Å². The predicted molar refractivity (Wildman–Crippen MR) is 55.4 cm³/mol. The van der Waals surface area contributed by atoms with Gasteiger partial charge in [0.05, 0.1) is 0 Å². The summed E-state index contributed by atoms with van der Waals surface area (Å²) in [7, 11) is 0. The van der Waals surface area contributed by atoms with Crippen molar-refractivity contribution in [3.8, 4) is 0 Å². The molecule has 2 rings (SSSR count). The molecule has 1 aromatic rings. The maximum atomic E-state index is 13.5. The number of benzene rings is 1. The van der Waals surface area contributed by atoms with E-state index >= 15 is 0 Å². The first-order valence-electron chi connectivity index (χ1n) is 5.29. The van der Waals surface area contributed by atoms with Crippen LogP contribution < -0.4 is 5.73 Å². The summed E-state index contributed by atoms with van der Waals surface area (Å²) in [6.45, 7) is 1.55. The summed E-state index contributed by atoms with van der Waals surface area (Å²) in [6, 6.07) is 2.09. The van der Waals surface area contributed by atoms with Crippen molar-refractivity contribution in [3.63, 3.8) is 0 Å². The minimum Gasteiger partial charge on any atom is -0.324 e. The highest BCUT2D eigenvalue weighted by Gasteiger charge is 2.26. The first kappa shape index (κ1) is 10.6. The molecule has 0 aromatic heterocycles. The molecule has 0 aliphatic heterocycles. The highest BCUT2D eigenvalue weighted by molar-refractivity contribution is 5.27.